The third kappa shape index (κ3) is 3.22. The molecule has 0 saturated heterocycles. The Bertz CT molecular complexity index is 1030. The molecule has 6 nitrogen and oxygen atoms in total. The number of amides is 2. The van der Waals surface area contributed by atoms with Crippen LogP contribution in [-0.2, 0) is 13.1 Å². The molecule has 3 aromatic rings. The average molecular weight is 352 g/mol. The van der Waals surface area contributed by atoms with Crippen molar-refractivity contribution >= 4 is 28.4 Å². The molecular weight excluding hydrogens is 328 g/mol. The Morgan fingerprint density at radius 3 is 2.31 bits per heavy atom. The van der Waals surface area contributed by atoms with Gasteiger partial charge in [-0.15, -0.1) is 0 Å². The highest BCUT2D eigenvalue weighted by atomic mass is 16.2. The van der Waals surface area contributed by atoms with Crippen LogP contribution in [0.5, 0.6) is 0 Å². The van der Waals surface area contributed by atoms with Gasteiger partial charge in [0.25, 0.3) is 0 Å². The topological polar surface area (TPSA) is 68.1 Å². The molecule has 0 aliphatic heterocycles. The van der Waals surface area contributed by atoms with E-state index in [0.717, 1.165) is 27.8 Å². The summed E-state index contributed by atoms with van der Waals surface area (Å²) in [5, 5.41) is 5.73. The number of hydrogen-bond acceptors (Lipinski definition) is 2. The van der Waals surface area contributed by atoms with Gasteiger partial charge in [-0.25, -0.2) is 9.59 Å². The lowest BCUT2D eigenvalue weighted by molar-refractivity contribution is 0.262. The average Bonchev–Trinajstić information content (AvgIpc) is 2.88. The highest BCUT2D eigenvalue weighted by Crippen LogP contribution is 2.20. The van der Waals surface area contributed by atoms with E-state index in [0.29, 0.717) is 18.8 Å². The van der Waals surface area contributed by atoms with Crippen LogP contribution in [-0.4, -0.2) is 15.2 Å². The number of aryl methyl sites for hydroxylation is 4. The number of anilines is 2. The summed E-state index contributed by atoms with van der Waals surface area (Å²) >= 11 is 0. The first kappa shape index (κ1) is 17.8. The van der Waals surface area contributed by atoms with Gasteiger partial charge in [0.15, 0.2) is 0 Å². The Balaban J connectivity index is 1.88. The lowest BCUT2D eigenvalue weighted by Crippen LogP contribution is -2.23. The Morgan fingerprint density at radius 1 is 0.923 bits per heavy atom. The number of carbonyl (C=O) groups is 1. The maximum atomic E-state index is 12.4. The van der Waals surface area contributed by atoms with Gasteiger partial charge in [0.05, 0.1) is 11.0 Å². The van der Waals surface area contributed by atoms with Crippen LogP contribution >= 0.6 is 0 Å². The van der Waals surface area contributed by atoms with E-state index in [2.05, 4.69) is 10.6 Å². The second kappa shape index (κ2) is 7.07. The first-order chi connectivity index (χ1) is 12.4. The summed E-state index contributed by atoms with van der Waals surface area (Å²) in [7, 11) is 0. The summed E-state index contributed by atoms with van der Waals surface area (Å²) in [6.07, 6.45) is 0. The van der Waals surface area contributed by atoms with Crippen LogP contribution in [0.15, 0.2) is 41.2 Å². The van der Waals surface area contributed by atoms with Gasteiger partial charge < -0.3 is 10.6 Å². The summed E-state index contributed by atoms with van der Waals surface area (Å²) in [5.41, 5.74) is 5.19. The molecule has 26 heavy (non-hydrogen) atoms. The summed E-state index contributed by atoms with van der Waals surface area (Å²) in [6.45, 7) is 9.02. The number of aromatic nitrogens is 2. The van der Waals surface area contributed by atoms with Crippen molar-refractivity contribution in [2.75, 3.05) is 10.6 Å². The smallest absolute Gasteiger partial charge is 0.308 e. The predicted molar refractivity (Wildman–Crippen MR) is 106 cm³/mol. The minimum absolute atomic E-state index is 0.0259. The maximum absolute atomic E-state index is 12.4. The fraction of sp³-hybridized carbons (Fsp3) is 0.300. The SMILES string of the molecule is CCn1c(=O)n(CC)c2cc(NC(=O)Nc3cc(C)ccc3C)ccc21. The van der Waals surface area contributed by atoms with E-state index in [1.165, 1.54) is 0 Å². The minimum atomic E-state index is -0.307. The number of fused-ring (bicyclic) bond motifs is 1. The summed E-state index contributed by atoms with van der Waals surface area (Å²) < 4.78 is 3.45. The van der Waals surface area contributed by atoms with Crippen molar-refractivity contribution in [1.29, 1.82) is 0 Å². The predicted octanol–water partition coefficient (Wildman–Crippen LogP) is 4.10. The van der Waals surface area contributed by atoms with E-state index in [-0.39, 0.29) is 11.7 Å². The van der Waals surface area contributed by atoms with Crippen LogP contribution in [0.4, 0.5) is 16.2 Å². The van der Waals surface area contributed by atoms with E-state index in [1.54, 1.807) is 9.13 Å². The molecule has 1 aromatic heterocycles. The first-order valence-electron chi connectivity index (χ1n) is 8.83. The number of nitrogens with one attached hydrogen (secondary N) is 2. The van der Waals surface area contributed by atoms with Gasteiger partial charge in [0, 0.05) is 24.5 Å². The molecule has 2 amide bonds. The van der Waals surface area contributed by atoms with E-state index < -0.39 is 0 Å². The van der Waals surface area contributed by atoms with Crippen molar-refractivity contribution in [3.63, 3.8) is 0 Å². The third-order valence-electron chi connectivity index (χ3n) is 4.55. The number of nitrogens with zero attached hydrogens (tertiary/aromatic N) is 2. The van der Waals surface area contributed by atoms with Crippen LogP contribution in [0, 0.1) is 13.8 Å². The summed E-state index contributed by atoms with van der Waals surface area (Å²) in [4.78, 5) is 24.8. The van der Waals surface area contributed by atoms with Crippen molar-refractivity contribution in [3.8, 4) is 0 Å². The fourth-order valence-corrected chi connectivity index (χ4v) is 3.16. The number of rotatable bonds is 4. The molecule has 0 bridgehead atoms. The fourth-order valence-electron chi connectivity index (χ4n) is 3.16. The van der Waals surface area contributed by atoms with Gasteiger partial charge in [0.2, 0.25) is 0 Å². The molecule has 3 rings (SSSR count). The van der Waals surface area contributed by atoms with Gasteiger partial charge in [-0.05, 0) is 63.1 Å². The molecule has 6 heteroatoms. The maximum Gasteiger partial charge on any atom is 0.329 e. The zero-order valence-corrected chi connectivity index (χ0v) is 15.6. The molecule has 0 aliphatic rings. The standard InChI is InChI=1S/C20H24N4O2/c1-5-23-17-10-9-15(12-18(17)24(6-2)20(23)26)21-19(25)22-16-11-13(3)7-8-14(16)4/h7-12H,5-6H2,1-4H3,(H2,21,22,25). The van der Waals surface area contributed by atoms with Crippen molar-refractivity contribution in [1.82, 2.24) is 9.13 Å². The molecule has 0 fully saturated rings. The molecule has 0 spiro atoms. The zero-order chi connectivity index (χ0) is 18.8. The second-order valence-corrected chi connectivity index (χ2v) is 6.37. The molecule has 0 unspecified atom stereocenters. The molecule has 136 valence electrons. The van der Waals surface area contributed by atoms with Gasteiger partial charge in [-0.3, -0.25) is 9.13 Å². The molecule has 0 aliphatic carbocycles. The lowest BCUT2D eigenvalue weighted by Gasteiger charge is -2.11. The summed E-state index contributed by atoms with van der Waals surface area (Å²) in [5.74, 6) is 0. The van der Waals surface area contributed by atoms with E-state index in [9.17, 15) is 9.59 Å². The highest BCUT2D eigenvalue weighted by molar-refractivity contribution is 6.01. The minimum Gasteiger partial charge on any atom is -0.308 e. The van der Waals surface area contributed by atoms with Gasteiger partial charge in [-0.1, -0.05) is 12.1 Å². The molecule has 2 aromatic carbocycles. The number of imidazole rings is 1. The molecular formula is C20H24N4O2. The van der Waals surface area contributed by atoms with Crippen LogP contribution < -0.4 is 16.3 Å². The molecule has 1 heterocycles. The number of urea groups is 1. The van der Waals surface area contributed by atoms with Crippen LogP contribution in [0.25, 0.3) is 11.0 Å². The largest absolute Gasteiger partial charge is 0.329 e. The van der Waals surface area contributed by atoms with E-state index >= 15 is 0 Å². The zero-order valence-electron chi connectivity index (χ0n) is 15.6. The van der Waals surface area contributed by atoms with Crippen molar-refractivity contribution in [3.05, 3.63) is 58.0 Å². The normalized spacial score (nSPS) is 10.9. The number of carbonyl (C=O) groups excluding carboxylic acids is 1. The quantitative estimate of drug-likeness (QED) is 0.742. The van der Waals surface area contributed by atoms with Crippen molar-refractivity contribution < 1.29 is 4.79 Å². The Labute approximate surface area is 152 Å². The molecule has 2 N–H and O–H groups in total. The highest BCUT2D eigenvalue weighted by Gasteiger charge is 2.12. The van der Waals surface area contributed by atoms with E-state index in [4.69, 9.17) is 0 Å². The van der Waals surface area contributed by atoms with E-state index in [1.807, 2.05) is 64.1 Å². The van der Waals surface area contributed by atoms with Gasteiger partial charge >= 0.3 is 11.7 Å². The summed E-state index contributed by atoms with van der Waals surface area (Å²) in [6, 6.07) is 11.2. The first-order valence-corrected chi connectivity index (χ1v) is 8.83. The number of benzene rings is 2. The Kier molecular flexibility index (Phi) is 4.84. The molecule has 0 radical (unpaired) electrons. The van der Waals surface area contributed by atoms with Crippen LogP contribution in [0.3, 0.4) is 0 Å². The Morgan fingerprint density at radius 2 is 1.62 bits per heavy atom. The van der Waals surface area contributed by atoms with Gasteiger partial charge in [-0.2, -0.15) is 0 Å². The van der Waals surface area contributed by atoms with Crippen molar-refractivity contribution in [2.24, 2.45) is 0 Å². The Hall–Kier alpha value is -3.02. The van der Waals surface area contributed by atoms with Crippen molar-refractivity contribution in [2.45, 2.75) is 40.8 Å². The second-order valence-electron chi connectivity index (χ2n) is 6.37. The van der Waals surface area contributed by atoms with Crippen LogP contribution in [0.1, 0.15) is 25.0 Å². The monoisotopic (exact) mass is 352 g/mol. The van der Waals surface area contributed by atoms with Crippen LogP contribution in [0.2, 0.25) is 0 Å². The molecule has 0 saturated carbocycles. The third-order valence-corrected chi connectivity index (χ3v) is 4.55. The lowest BCUT2D eigenvalue weighted by atomic mass is 10.1. The molecule has 0 atom stereocenters. The van der Waals surface area contributed by atoms with Gasteiger partial charge in [0.1, 0.15) is 0 Å². The number of hydrogen-bond donors (Lipinski definition) is 2.